The molecule has 2 rings (SSSR count). The first-order valence-electron chi connectivity index (χ1n) is 5.75. The second-order valence-corrected chi connectivity index (χ2v) is 4.33. The highest BCUT2D eigenvalue weighted by atomic mass is 16.5. The third kappa shape index (κ3) is 2.87. The van der Waals surface area contributed by atoms with Crippen molar-refractivity contribution in [2.45, 2.75) is 26.8 Å². The minimum Gasteiger partial charge on any atom is -0.364 e. The van der Waals surface area contributed by atoms with Crippen LogP contribution in [0, 0.1) is 6.92 Å². The molecule has 0 saturated heterocycles. The summed E-state index contributed by atoms with van der Waals surface area (Å²) in [4.78, 5) is 13.6. The molecule has 1 N–H and O–H groups in total. The minimum atomic E-state index is -0.0330. The van der Waals surface area contributed by atoms with Crippen molar-refractivity contribution >= 4 is 6.03 Å². The summed E-state index contributed by atoms with van der Waals surface area (Å²) in [6, 6.07) is -0.0330. The van der Waals surface area contributed by atoms with Gasteiger partial charge in [-0.25, -0.2) is 4.79 Å². The van der Waals surface area contributed by atoms with Crippen LogP contribution in [0.3, 0.4) is 0 Å². The molecule has 0 bridgehead atoms. The fourth-order valence-electron chi connectivity index (χ4n) is 1.72. The maximum atomic E-state index is 11.8. The van der Waals surface area contributed by atoms with Crippen molar-refractivity contribution in [3.8, 4) is 0 Å². The Morgan fingerprint density at radius 1 is 1.59 bits per heavy atom. The van der Waals surface area contributed by atoms with E-state index in [0.717, 1.165) is 24.2 Å². The van der Waals surface area contributed by atoms with Crippen LogP contribution in [-0.4, -0.2) is 29.2 Å². The third-order valence-electron chi connectivity index (χ3n) is 3.00. The highest BCUT2D eigenvalue weighted by molar-refractivity contribution is 5.74. The van der Waals surface area contributed by atoms with E-state index in [-0.39, 0.29) is 6.03 Å². The Labute approximate surface area is 100 Å². The molecule has 0 unspecified atom stereocenters. The lowest BCUT2D eigenvalue weighted by Gasteiger charge is -2.25. The molecule has 2 heterocycles. The summed E-state index contributed by atoms with van der Waals surface area (Å²) < 4.78 is 4.81. The van der Waals surface area contributed by atoms with Crippen LogP contribution in [0.4, 0.5) is 4.79 Å². The molecule has 0 spiro atoms. The van der Waals surface area contributed by atoms with Gasteiger partial charge in [0.25, 0.3) is 0 Å². The van der Waals surface area contributed by atoms with Gasteiger partial charge in [-0.15, -0.1) is 0 Å². The Bertz CT molecular complexity index is 437. The number of aromatic nitrogens is 1. The van der Waals surface area contributed by atoms with Crippen molar-refractivity contribution in [2.75, 3.05) is 13.1 Å². The van der Waals surface area contributed by atoms with E-state index in [2.05, 4.69) is 23.5 Å². The van der Waals surface area contributed by atoms with Gasteiger partial charge in [-0.2, -0.15) is 0 Å². The topological polar surface area (TPSA) is 58.4 Å². The second-order valence-electron chi connectivity index (χ2n) is 4.33. The Morgan fingerprint density at radius 3 is 3.00 bits per heavy atom. The summed E-state index contributed by atoms with van der Waals surface area (Å²) in [5, 5.41) is 6.64. The van der Waals surface area contributed by atoms with Gasteiger partial charge in [0.2, 0.25) is 0 Å². The van der Waals surface area contributed by atoms with Gasteiger partial charge >= 0.3 is 6.03 Å². The van der Waals surface area contributed by atoms with Crippen molar-refractivity contribution in [3.63, 3.8) is 0 Å². The third-order valence-corrected chi connectivity index (χ3v) is 3.00. The zero-order chi connectivity index (χ0) is 12.3. The molecule has 0 saturated carbocycles. The van der Waals surface area contributed by atoms with Crippen LogP contribution in [0.2, 0.25) is 0 Å². The molecule has 17 heavy (non-hydrogen) atoms. The van der Waals surface area contributed by atoms with E-state index in [9.17, 15) is 4.79 Å². The maximum Gasteiger partial charge on any atom is 0.317 e. The number of urea groups is 1. The van der Waals surface area contributed by atoms with Crippen molar-refractivity contribution in [3.05, 3.63) is 29.2 Å². The van der Waals surface area contributed by atoms with Crippen LogP contribution in [0.1, 0.15) is 24.6 Å². The van der Waals surface area contributed by atoms with E-state index in [1.54, 1.807) is 11.2 Å². The molecule has 0 fully saturated rings. The molecule has 1 aromatic heterocycles. The van der Waals surface area contributed by atoms with E-state index >= 15 is 0 Å². The summed E-state index contributed by atoms with van der Waals surface area (Å²) >= 11 is 0. The lowest BCUT2D eigenvalue weighted by atomic mass is 10.1. The molecule has 1 aliphatic rings. The Balaban J connectivity index is 1.84. The van der Waals surface area contributed by atoms with E-state index in [1.807, 2.05) is 6.92 Å². The summed E-state index contributed by atoms with van der Waals surface area (Å²) in [6.07, 6.45) is 4.61. The van der Waals surface area contributed by atoms with Crippen LogP contribution < -0.4 is 5.32 Å². The van der Waals surface area contributed by atoms with E-state index in [4.69, 9.17) is 4.52 Å². The Morgan fingerprint density at radius 2 is 2.41 bits per heavy atom. The number of carbonyl (C=O) groups excluding carboxylic acids is 1. The first-order chi connectivity index (χ1) is 8.16. The van der Waals surface area contributed by atoms with Gasteiger partial charge < -0.3 is 14.7 Å². The lowest BCUT2D eigenvalue weighted by Crippen LogP contribution is -2.41. The van der Waals surface area contributed by atoms with Gasteiger partial charge in [0.05, 0.1) is 5.69 Å². The van der Waals surface area contributed by atoms with Gasteiger partial charge in [0, 0.05) is 25.2 Å². The summed E-state index contributed by atoms with van der Waals surface area (Å²) in [6.45, 7) is 5.90. The minimum absolute atomic E-state index is 0.0330. The molecule has 0 radical (unpaired) electrons. The molecule has 5 heteroatoms. The fraction of sp³-hybridized carbons (Fsp3) is 0.500. The molecule has 0 aromatic carbocycles. The van der Waals surface area contributed by atoms with Crippen molar-refractivity contribution in [1.29, 1.82) is 0 Å². The molecular formula is C12H17N3O2. The fourth-order valence-corrected chi connectivity index (χ4v) is 1.72. The van der Waals surface area contributed by atoms with Gasteiger partial charge in [0.1, 0.15) is 6.26 Å². The number of amides is 2. The van der Waals surface area contributed by atoms with Crippen LogP contribution in [0.5, 0.6) is 0 Å². The van der Waals surface area contributed by atoms with Crippen LogP contribution >= 0.6 is 0 Å². The maximum absolute atomic E-state index is 11.8. The molecule has 0 aliphatic carbocycles. The molecule has 92 valence electrons. The number of hydrogen-bond acceptors (Lipinski definition) is 3. The van der Waals surface area contributed by atoms with Gasteiger partial charge in [-0.05, 0) is 20.3 Å². The number of hydrogen-bond donors (Lipinski definition) is 1. The number of rotatable bonds is 2. The van der Waals surface area contributed by atoms with Crippen LogP contribution in [-0.2, 0) is 6.54 Å². The monoisotopic (exact) mass is 235 g/mol. The number of carbonyl (C=O) groups is 1. The van der Waals surface area contributed by atoms with E-state index in [0.29, 0.717) is 13.1 Å². The van der Waals surface area contributed by atoms with Crippen molar-refractivity contribution in [1.82, 2.24) is 15.4 Å². The average Bonchev–Trinajstić information content (AvgIpc) is 2.73. The van der Waals surface area contributed by atoms with Crippen LogP contribution in [0.25, 0.3) is 0 Å². The summed E-state index contributed by atoms with van der Waals surface area (Å²) in [5.74, 6) is 0. The second kappa shape index (κ2) is 5.03. The quantitative estimate of drug-likeness (QED) is 0.796. The standard InChI is InChI=1S/C12H17N3O2/c1-9-3-5-15(6-4-9)12(16)13-7-11-8-17-14-10(11)2/h3,8H,4-7H2,1-2H3,(H,13,16). The number of nitrogens with zero attached hydrogens (tertiary/aromatic N) is 2. The van der Waals surface area contributed by atoms with Gasteiger partial charge in [0.15, 0.2) is 0 Å². The SMILES string of the molecule is CC1=CCN(C(=O)NCc2conc2C)CC1. The predicted octanol–water partition coefficient (Wildman–Crippen LogP) is 1.84. The first-order valence-corrected chi connectivity index (χ1v) is 5.75. The summed E-state index contributed by atoms with van der Waals surface area (Å²) in [5.41, 5.74) is 3.09. The van der Waals surface area contributed by atoms with E-state index in [1.165, 1.54) is 5.57 Å². The van der Waals surface area contributed by atoms with Crippen LogP contribution in [0.15, 0.2) is 22.4 Å². The van der Waals surface area contributed by atoms with Gasteiger partial charge in [-0.3, -0.25) is 0 Å². The number of nitrogens with one attached hydrogen (secondary N) is 1. The highest BCUT2D eigenvalue weighted by Crippen LogP contribution is 2.10. The first kappa shape index (κ1) is 11.7. The Hall–Kier alpha value is -1.78. The van der Waals surface area contributed by atoms with E-state index < -0.39 is 0 Å². The zero-order valence-electron chi connectivity index (χ0n) is 10.2. The normalized spacial score (nSPS) is 15.6. The van der Waals surface area contributed by atoms with Crippen molar-refractivity contribution < 1.29 is 9.32 Å². The molecular weight excluding hydrogens is 218 g/mol. The zero-order valence-corrected chi connectivity index (χ0v) is 10.2. The van der Waals surface area contributed by atoms with Crippen molar-refractivity contribution in [2.24, 2.45) is 0 Å². The lowest BCUT2D eigenvalue weighted by molar-refractivity contribution is 0.201. The predicted molar refractivity (Wildman–Crippen MR) is 63.4 cm³/mol. The molecule has 2 amide bonds. The molecule has 1 aliphatic heterocycles. The molecule has 1 aromatic rings. The summed E-state index contributed by atoms with van der Waals surface area (Å²) in [7, 11) is 0. The number of aryl methyl sites for hydroxylation is 1. The highest BCUT2D eigenvalue weighted by Gasteiger charge is 2.15. The molecule has 0 atom stereocenters. The van der Waals surface area contributed by atoms with Gasteiger partial charge in [-0.1, -0.05) is 16.8 Å². The molecule has 5 nitrogen and oxygen atoms in total. The average molecular weight is 235 g/mol. The largest absolute Gasteiger partial charge is 0.364 e. The Kier molecular flexibility index (Phi) is 3.46. The smallest absolute Gasteiger partial charge is 0.317 e.